The van der Waals surface area contributed by atoms with Crippen molar-refractivity contribution in [1.29, 1.82) is 0 Å². The molecule has 6 atom stereocenters. The van der Waals surface area contributed by atoms with Crippen molar-refractivity contribution in [2.75, 3.05) is 0 Å². The van der Waals surface area contributed by atoms with E-state index in [0.717, 1.165) is 30.4 Å². The third-order valence-electron chi connectivity index (χ3n) is 8.35. The number of Topliss-reactive ketones (excluding diaryl/α,β-unsaturated/α-hetero) is 1. The van der Waals surface area contributed by atoms with Crippen LogP contribution in [0.3, 0.4) is 0 Å². The average molecular weight is 342 g/mol. The van der Waals surface area contributed by atoms with Gasteiger partial charge in [0.25, 0.3) is 0 Å². The number of carbonyl (C=O) groups is 2. The van der Waals surface area contributed by atoms with Gasteiger partial charge in [-0.15, -0.1) is 0 Å². The largest absolute Gasteiger partial charge is 0.299 e. The second-order valence-corrected chi connectivity index (χ2v) is 9.11. The summed E-state index contributed by atoms with van der Waals surface area (Å²) in [5, 5.41) is 0. The minimum atomic E-state index is -0.612. The quantitative estimate of drug-likeness (QED) is 0.623. The van der Waals surface area contributed by atoms with Crippen molar-refractivity contribution in [3.05, 3.63) is 35.2 Å². The molecule has 4 rings (SSSR count). The van der Waals surface area contributed by atoms with Gasteiger partial charge < -0.3 is 0 Å². The number of rotatable bonds is 0. The summed E-state index contributed by atoms with van der Waals surface area (Å²) in [6.07, 6.45) is 4.88. The topological polar surface area (TPSA) is 34.1 Å². The van der Waals surface area contributed by atoms with Crippen molar-refractivity contribution in [2.24, 2.45) is 34.5 Å². The first-order valence-corrected chi connectivity index (χ1v) is 9.50. The molecule has 4 aliphatic carbocycles. The summed E-state index contributed by atoms with van der Waals surface area (Å²) in [5.74, 6) is 0.313. The zero-order valence-electron chi connectivity index (χ0n) is 15.6. The van der Waals surface area contributed by atoms with Crippen LogP contribution in [0.5, 0.6) is 0 Å². The van der Waals surface area contributed by atoms with Gasteiger partial charge in [0.1, 0.15) is 5.78 Å². The first-order chi connectivity index (χ1) is 11.6. The van der Waals surface area contributed by atoms with Gasteiger partial charge in [0.05, 0.1) is 0 Å². The highest BCUT2D eigenvalue weighted by Gasteiger charge is 2.62. The maximum Gasteiger partial charge on any atom is 0.214 e. The second kappa shape index (κ2) is 5.02. The fraction of sp³-hybridized carbons (Fsp3) is 0.636. The third-order valence-corrected chi connectivity index (χ3v) is 8.35. The number of carbonyl (C=O) groups excluding carboxylic acids is 2. The molecule has 25 heavy (non-hydrogen) atoms. The molecule has 0 aromatic carbocycles. The highest BCUT2D eigenvalue weighted by Crippen LogP contribution is 2.67. The van der Waals surface area contributed by atoms with Crippen LogP contribution in [0.15, 0.2) is 35.2 Å². The normalized spacial score (nSPS) is 46.6. The Hall–Kier alpha value is -1.51. The first kappa shape index (κ1) is 16.9. The molecule has 0 aromatic heterocycles. The Balaban J connectivity index is 1.89. The predicted molar refractivity (Wildman–Crippen MR) is 95.4 cm³/mol. The molecule has 2 nitrogen and oxygen atoms in total. The summed E-state index contributed by atoms with van der Waals surface area (Å²) in [5.41, 5.74) is 1.56. The minimum Gasteiger partial charge on any atom is -0.299 e. The standard InChI is InChI=1S/C22H27FO2/c1-11-10-16(24)20(23)19-13(3)12(2)18-14-6-7-17(25)21(14,4)9-8-15(18)22(11,19)5/h10,12,14-15,18H,3,6-9H2,1-2,4-5H3/t12?,14-,15-,18-,21-,22+/m0/s1. The van der Waals surface area contributed by atoms with Crippen LogP contribution in [0, 0.1) is 34.5 Å². The fourth-order valence-electron chi connectivity index (χ4n) is 6.71. The van der Waals surface area contributed by atoms with Crippen molar-refractivity contribution < 1.29 is 14.0 Å². The Morgan fingerprint density at radius 1 is 1.20 bits per heavy atom. The summed E-state index contributed by atoms with van der Waals surface area (Å²) in [6, 6.07) is 0. The lowest BCUT2D eigenvalue weighted by molar-refractivity contribution is -0.132. The Morgan fingerprint density at radius 3 is 2.56 bits per heavy atom. The van der Waals surface area contributed by atoms with E-state index < -0.39 is 17.0 Å². The lowest BCUT2D eigenvalue weighted by Gasteiger charge is -2.59. The Bertz CT molecular complexity index is 773. The molecule has 0 aromatic rings. The van der Waals surface area contributed by atoms with Gasteiger partial charge >= 0.3 is 0 Å². The molecule has 0 heterocycles. The van der Waals surface area contributed by atoms with Gasteiger partial charge in [0.15, 0.2) is 5.83 Å². The van der Waals surface area contributed by atoms with E-state index >= 15 is 0 Å². The number of hydrogen-bond donors (Lipinski definition) is 0. The summed E-state index contributed by atoms with van der Waals surface area (Å²) in [4.78, 5) is 24.7. The van der Waals surface area contributed by atoms with Gasteiger partial charge in [-0.3, -0.25) is 9.59 Å². The smallest absolute Gasteiger partial charge is 0.214 e. The molecule has 0 spiro atoms. The maximum atomic E-state index is 14.9. The van der Waals surface area contributed by atoms with E-state index in [1.165, 1.54) is 6.08 Å². The first-order valence-electron chi connectivity index (χ1n) is 9.50. The van der Waals surface area contributed by atoms with Gasteiger partial charge in [-0.1, -0.05) is 32.9 Å². The molecule has 0 radical (unpaired) electrons. The van der Waals surface area contributed by atoms with Crippen LogP contribution in [0.2, 0.25) is 0 Å². The summed E-state index contributed by atoms with van der Waals surface area (Å²) in [6.45, 7) is 12.5. The van der Waals surface area contributed by atoms with Gasteiger partial charge in [0.2, 0.25) is 5.78 Å². The van der Waals surface area contributed by atoms with E-state index in [4.69, 9.17) is 0 Å². The molecule has 3 saturated carbocycles. The number of allylic oxidation sites excluding steroid dienone is 5. The Kier molecular flexibility index (Phi) is 3.40. The van der Waals surface area contributed by atoms with E-state index in [2.05, 4.69) is 27.4 Å². The summed E-state index contributed by atoms with van der Waals surface area (Å²) >= 11 is 0. The molecule has 134 valence electrons. The Morgan fingerprint density at radius 2 is 1.88 bits per heavy atom. The number of fused-ring (bicyclic) bond motifs is 5. The monoisotopic (exact) mass is 342 g/mol. The molecule has 0 bridgehead atoms. The minimum absolute atomic E-state index is 0.105. The highest BCUT2D eigenvalue weighted by molar-refractivity contribution is 6.05. The van der Waals surface area contributed by atoms with Crippen molar-refractivity contribution in [3.8, 4) is 0 Å². The average Bonchev–Trinajstić information content (AvgIpc) is 2.86. The van der Waals surface area contributed by atoms with E-state index in [9.17, 15) is 14.0 Å². The zero-order valence-corrected chi connectivity index (χ0v) is 15.6. The van der Waals surface area contributed by atoms with Crippen LogP contribution in [0.1, 0.15) is 53.4 Å². The number of halogens is 1. The van der Waals surface area contributed by atoms with Crippen molar-refractivity contribution in [1.82, 2.24) is 0 Å². The molecule has 0 N–H and O–H groups in total. The lowest BCUT2D eigenvalue weighted by atomic mass is 9.44. The SMILES string of the molecule is C=C1C2=C(F)C(=O)C=C(C)[C@]2(C)[C@H]2CC[C@]3(C)C(=O)CC[C@H]3[C@@H]2C1C. The van der Waals surface area contributed by atoms with Crippen LogP contribution in [0.4, 0.5) is 4.39 Å². The van der Waals surface area contributed by atoms with E-state index in [-0.39, 0.29) is 17.3 Å². The molecular weight excluding hydrogens is 315 g/mol. The van der Waals surface area contributed by atoms with Gasteiger partial charge in [-0.05, 0) is 61.5 Å². The van der Waals surface area contributed by atoms with E-state index in [1.54, 1.807) is 0 Å². The van der Waals surface area contributed by atoms with Crippen LogP contribution >= 0.6 is 0 Å². The Labute approximate surface area is 149 Å². The van der Waals surface area contributed by atoms with Crippen LogP contribution in [-0.2, 0) is 9.59 Å². The highest BCUT2D eigenvalue weighted by atomic mass is 19.1. The van der Waals surface area contributed by atoms with Crippen molar-refractivity contribution in [3.63, 3.8) is 0 Å². The van der Waals surface area contributed by atoms with Crippen LogP contribution in [0.25, 0.3) is 0 Å². The fourth-order valence-corrected chi connectivity index (χ4v) is 6.71. The van der Waals surface area contributed by atoms with Crippen LogP contribution < -0.4 is 0 Å². The summed E-state index contributed by atoms with van der Waals surface area (Å²) in [7, 11) is 0. The molecule has 3 fully saturated rings. The zero-order chi connectivity index (χ0) is 18.3. The molecule has 0 aliphatic heterocycles. The molecule has 0 saturated heterocycles. The third kappa shape index (κ3) is 1.85. The van der Waals surface area contributed by atoms with E-state index in [1.807, 2.05) is 6.92 Å². The maximum absolute atomic E-state index is 14.9. The number of ketones is 2. The molecule has 3 heteroatoms. The lowest BCUT2D eigenvalue weighted by Crippen LogP contribution is -2.54. The number of hydrogen-bond acceptors (Lipinski definition) is 2. The van der Waals surface area contributed by atoms with Crippen molar-refractivity contribution in [2.45, 2.75) is 53.4 Å². The van der Waals surface area contributed by atoms with Crippen molar-refractivity contribution >= 4 is 11.6 Å². The summed E-state index contributed by atoms with van der Waals surface area (Å²) < 4.78 is 14.9. The van der Waals surface area contributed by atoms with E-state index in [0.29, 0.717) is 29.6 Å². The van der Waals surface area contributed by atoms with Gasteiger partial charge in [-0.2, -0.15) is 0 Å². The molecule has 4 aliphatic rings. The predicted octanol–water partition coefficient (Wildman–Crippen LogP) is 4.96. The van der Waals surface area contributed by atoms with Crippen LogP contribution in [-0.4, -0.2) is 11.6 Å². The molecule has 1 unspecified atom stereocenters. The van der Waals surface area contributed by atoms with Gasteiger partial charge in [0, 0.05) is 22.8 Å². The molecule has 0 amide bonds. The second-order valence-electron chi connectivity index (χ2n) is 9.11. The molecular formula is C22H27FO2. The van der Waals surface area contributed by atoms with Gasteiger partial charge in [-0.25, -0.2) is 4.39 Å².